The van der Waals surface area contributed by atoms with Crippen molar-refractivity contribution in [3.63, 3.8) is 0 Å². The number of nitrogens with zero attached hydrogens (tertiary/aromatic N) is 4. The van der Waals surface area contributed by atoms with Gasteiger partial charge in [-0.25, -0.2) is 0 Å². The maximum atomic E-state index is 11.1. The first-order chi connectivity index (χ1) is 9.63. The zero-order chi connectivity index (χ0) is 14.5. The van der Waals surface area contributed by atoms with E-state index in [4.69, 9.17) is 6.42 Å². The minimum absolute atomic E-state index is 0.0384. The summed E-state index contributed by atoms with van der Waals surface area (Å²) in [4.78, 5) is 18.9. The largest absolute Gasteiger partial charge is 0.362 e. The zero-order valence-electron chi connectivity index (χ0n) is 11.0. The van der Waals surface area contributed by atoms with E-state index in [0.29, 0.717) is 10.2 Å². The van der Waals surface area contributed by atoms with Gasteiger partial charge in [0.05, 0.1) is 9.40 Å². The Morgan fingerprint density at radius 1 is 1.40 bits per heavy atom. The van der Waals surface area contributed by atoms with Crippen LogP contribution in [-0.4, -0.2) is 47.5 Å². The molecule has 0 atom stereocenters. The van der Waals surface area contributed by atoms with E-state index < -0.39 is 4.92 Å². The van der Waals surface area contributed by atoms with Gasteiger partial charge in [-0.3, -0.25) is 20.0 Å². The van der Waals surface area contributed by atoms with Gasteiger partial charge in [-0.2, -0.15) is 0 Å². The Kier molecular flexibility index (Phi) is 4.93. The van der Waals surface area contributed by atoms with Gasteiger partial charge < -0.3 is 4.90 Å². The molecule has 6 nitrogen and oxygen atoms in total. The Labute approximate surface area is 126 Å². The van der Waals surface area contributed by atoms with E-state index in [1.807, 2.05) is 4.90 Å². The van der Waals surface area contributed by atoms with Gasteiger partial charge in [0.15, 0.2) is 0 Å². The van der Waals surface area contributed by atoms with Gasteiger partial charge in [0.1, 0.15) is 11.9 Å². The second kappa shape index (κ2) is 6.68. The maximum absolute atomic E-state index is 11.1. The van der Waals surface area contributed by atoms with Crippen LogP contribution in [-0.2, 0) is 0 Å². The molecule has 106 valence electrons. The lowest BCUT2D eigenvalue weighted by molar-refractivity contribution is -0.384. The number of halogens is 1. The summed E-state index contributed by atoms with van der Waals surface area (Å²) in [5.74, 6) is 2.63. The Morgan fingerprint density at radius 3 is 2.70 bits per heavy atom. The summed E-state index contributed by atoms with van der Waals surface area (Å²) < 4.78 is 0.656. The second-order valence-electron chi connectivity index (χ2n) is 4.53. The second-order valence-corrected chi connectivity index (χ2v) is 5.38. The minimum atomic E-state index is -0.391. The number of piperazine rings is 1. The standard InChI is InChI=1S/C13H15BrN4O2/c1-2-3-4-16-5-7-17(8-6-16)13-11(14)9-15-10-12(13)18(19)20/h1,9-10H,3-8H2. The molecule has 0 saturated carbocycles. The van der Waals surface area contributed by atoms with Crippen LogP contribution < -0.4 is 4.90 Å². The van der Waals surface area contributed by atoms with Crippen LogP contribution >= 0.6 is 15.9 Å². The summed E-state index contributed by atoms with van der Waals surface area (Å²) in [6.07, 6.45) is 8.88. The Balaban J connectivity index is 2.11. The molecule has 0 bridgehead atoms. The molecule has 0 amide bonds. The Morgan fingerprint density at radius 2 is 2.10 bits per heavy atom. The third kappa shape index (κ3) is 3.26. The third-order valence-electron chi connectivity index (χ3n) is 3.31. The highest BCUT2D eigenvalue weighted by Crippen LogP contribution is 2.35. The lowest BCUT2D eigenvalue weighted by atomic mass is 10.2. The molecular weight excluding hydrogens is 324 g/mol. The molecule has 2 rings (SSSR count). The maximum Gasteiger partial charge on any atom is 0.311 e. The van der Waals surface area contributed by atoms with Crippen molar-refractivity contribution in [3.8, 4) is 12.3 Å². The van der Waals surface area contributed by atoms with Crippen LogP contribution in [0, 0.1) is 22.5 Å². The smallest absolute Gasteiger partial charge is 0.311 e. The summed E-state index contributed by atoms with van der Waals surface area (Å²) in [7, 11) is 0. The lowest BCUT2D eigenvalue weighted by Crippen LogP contribution is -2.46. The number of aromatic nitrogens is 1. The van der Waals surface area contributed by atoms with E-state index in [1.54, 1.807) is 6.20 Å². The molecule has 1 saturated heterocycles. The average molecular weight is 339 g/mol. The molecule has 1 aliphatic rings. The fraction of sp³-hybridized carbons (Fsp3) is 0.462. The van der Waals surface area contributed by atoms with Crippen LogP contribution in [0.4, 0.5) is 11.4 Å². The highest BCUT2D eigenvalue weighted by Gasteiger charge is 2.26. The number of terminal acetylenes is 1. The van der Waals surface area contributed by atoms with E-state index >= 15 is 0 Å². The van der Waals surface area contributed by atoms with Crippen molar-refractivity contribution in [2.75, 3.05) is 37.6 Å². The van der Waals surface area contributed by atoms with Crippen LogP contribution in [0.25, 0.3) is 0 Å². The summed E-state index contributed by atoms with van der Waals surface area (Å²) in [6, 6.07) is 0. The van der Waals surface area contributed by atoms with Gasteiger partial charge in [0.25, 0.3) is 0 Å². The minimum Gasteiger partial charge on any atom is -0.362 e. The molecule has 1 aliphatic heterocycles. The van der Waals surface area contributed by atoms with Crippen LogP contribution in [0.1, 0.15) is 6.42 Å². The molecule has 0 radical (unpaired) electrons. The van der Waals surface area contributed by atoms with E-state index in [2.05, 4.69) is 31.7 Å². The molecule has 0 aromatic carbocycles. The molecule has 1 aromatic rings. The predicted octanol–water partition coefficient (Wildman–Crippen LogP) is 1.90. The highest BCUT2D eigenvalue weighted by molar-refractivity contribution is 9.10. The molecule has 0 spiro atoms. The highest BCUT2D eigenvalue weighted by atomic mass is 79.9. The molecule has 2 heterocycles. The number of nitro groups is 1. The Bertz CT molecular complexity index is 536. The third-order valence-corrected chi connectivity index (χ3v) is 3.89. The lowest BCUT2D eigenvalue weighted by Gasteiger charge is -2.35. The van der Waals surface area contributed by atoms with E-state index in [-0.39, 0.29) is 5.69 Å². The van der Waals surface area contributed by atoms with Crippen LogP contribution in [0.15, 0.2) is 16.9 Å². The van der Waals surface area contributed by atoms with Crippen LogP contribution in [0.2, 0.25) is 0 Å². The predicted molar refractivity (Wildman–Crippen MR) is 80.7 cm³/mol. The molecule has 1 aromatic heterocycles. The molecule has 1 fully saturated rings. The van der Waals surface area contributed by atoms with E-state index in [0.717, 1.165) is 39.1 Å². The van der Waals surface area contributed by atoms with Gasteiger partial charge in [0.2, 0.25) is 0 Å². The van der Waals surface area contributed by atoms with Gasteiger partial charge in [-0.1, -0.05) is 0 Å². The quantitative estimate of drug-likeness (QED) is 0.476. The Hall–Kier alpha value is -1.65. The van der Waals surface area contributed by atoms with Crippen molar-refractivity contribution < 1.29 is 4.92 Å². The molecule has 0 N–H and O–H groups in total. The van der Waals surface area contributed by atoms with Crippen molar-refractivity contribution in [2.24, 2.45) is 0 Å². The van der Waals surface area contributed by atoms with Crippen LogP contribution in [0.5, 0.6) is 0 Å². The number of rotatable bonds is 4. The molecular formula is C13H15BrN4O2. The van der Waals surface area contributed by atoms with Gasteiger partial charge in [-0.05, 0) is 15.9 Å². The summed E-state index contributed by atoms with van der Waals surface area (Å²) in [5, 5.41) is 11.1. The van der Waals surface area contributed by atoms with Crippen molar-refractivity contribution in [1.29, 1.82) is 0 Å². The van der Waals surface area contributed by atoms with E-state index in [1.165, 1.54) is 6.20 Å². The van der Waals surface area contributed by atoms with Crippen molar-refractivity contribution in [1.82, 2.24) is 9.88 Å². The zero-order valence-corrected chi connectivity index (χ0v) is 12.5. The molecule has 0 aliphatic carbocycles. The summed E-state index contributed by atoms with van der Waals surface area (Å²) in [5.41, 5.74) is 0.651. The van der Waals surface area contributed by atoms with Gasteiger partial charge >= 0.3 is 5.69 Å². The number of hydrogen-bond donors (Lipinski definition) is 0. The topological polar surface area (TPSA) is 62.5 Å². The van der Waals surface area contributed by atoms with Crippen molar-refractivity contribution in [2.45, 2.75) is 6.42 Å². The SMILES string of the molecule is C#CCCN1CCN(c2c(Br)cncc2[N+](=O)[O-])CC1. The van der Waals surface area contributed by atoms with Crippen molar-refractivity contribution >= 4 is 27.3 Å². The number of hydrogen-bond acceptors (Lipinski definition) is 5. The molecule has 7 heteroatoms. The first kappa shape index (κ1) is 14.8. The van der Waals surface area contributed by atoms with Crippen molar-refractivity contribution in [3.05, 3.63) is 27.0 Å². The normalized spacial score (nSPS) is 15.9. The monoisotopic (exact) mass is 338 g/mol. The first-order valence-corrected chi connectivity index (χ1v) is 7.11. The summed E-state index contributed by atoms with van der Waals surface area (Å²) in [6.45, 7) is 4.08. The molecule has 20 heavy (non-hydrogen) atoms. The van der Waals surface area contributed by atoms with Crippen LogP contribution in [0.3, 0.4) is 0 Å². The van der Waals surface area contributed by atoms with E-state index in [9.17, 15) is 10.1 Å². The fourth-order valence-electron chi connectivity index (χ4n) is 2.28. The van der Waals surface area contributed by atoms with Gasteiger partial charge in [0, 0.05) is 45.3 Å². The van der Waals surface area contributed by atoms with Gasteiger partial charge in [-0.15, -0.1) is 12.3 Å². The molecule has 0 unspecified atom stereocenters. The summed E-state index contributed by atoms with van der Waals surface area (Å²) >= 11 is 3.36. The number of pyridine rings is 1. The average Bonchev–Trinajstić information content (AvgIpc) is 2.45. The first-order valence-electron chi connectivity index (χ1n) is 6.32. The fourth-order valence-corrected chi connectivity index (χ4v) is 2.85. The number of anilines is 1.